The van der Waals surface area contributed by atoms with Crippen LogP contribution in [0.3, 0.4) is 0 Å². The summed E-state index contributed by atoms with van der Waals surface area (Å²) in [4.78, 5) is 12.3. The molecule has 1 nitrogen and oxygen atoms in total. The summed E-state index contributed by atoms with van der Waals surface area (Å²) in [5.74, 6) is 0. The van der Waals surface area contributed by atoms with Crippen LogP contribution in [0.25, 0.3) is 0 Å². The van der Waals surface area contributed by atoms with Gasteiger partial charge in [0.15, 0.2) is 0 Å². The van der Waals surface area contributed by atoms with Gasteiger partial charge in [0.25, 0.3) is 0 Å². The Labute approximate surface area is 118 Å². The Hall–Kier alpha value is -1.54. The van der Waals surface area contributed by atoms with Crippen LogP contribution in [-0.2, 0) is 6.42 Å². The molecule has 0 heterocycles. The van der Waals surface area contributed by atoms with Gasteiger partial charge in [0.05, 0.1) is 0 Å². The summed E-state index contributed by atoms with van der Waals surface area (Å²) in [7, 11) is 0. The molecule has 0 bridgehead atoms. The molecule has 1 aliphatic carbocycles. The van der Waals surface area contributed by atoms with Crippen molar-refractivity contribution in [3.05, 3.63) is 70.8 Å². The van der Waals surface area contributed by atoms with Gasteiger partial charge in [0.1, 0.15) is 0 Å². The third-order valence-electron chi connectivity index (χ3n) is 3.58. The molecule has 0 aromatic heterocycles. The number of aryl methyl sites for hydroxylation is 2. The highest BCUT2D eigenvalue weighted by atomic mass is 32.2. The van der Waals surface area contributed by atoms with Gasteiger partial charge in [0.2, 0.25) is 5.12 Å². The number of benzene rings is 2. The molecule has 2 aromatic rings. The lowest BCUT2D eigenvalue weighted by Gasteiger charge is -2.10. The number of rotatable bonds is 2. The molecule has 2 aromatic carbocycles. The van der Waals surface area contributed by atoms with Crippen molar-refractivity contribution < 1.29 is 4.79 Å². The first kappa shape index (κ1) is 12.5. The van der Waals surface area contributed by atoms with E-state index in [0.29, 0.717) is 5.25 Å². The van der Waals surface area contributed by atoms with Crippen LogP contribution in [0.1, 0.15) is 38.7 Å². The van der Waals surface area contributed by atoms with Crippen LogP contribution >= 0.6 is 11.8 Å². The van der Waals surface area contributed by atoms with E-state index in [1.54, 1.807) is 0 Å². The van der Waals surface area contributed by atoms with E-state index in [1.165, 1.54) is 22.9 Å². The number of carbonyl (C=O) groups excluding carboxylic acids is 1. The summed E-state index contributed by atoms with van der Waals surface area (Å²) < 4.78 is 0. The summed E-state index contributed by atoms with van der Waals surface area (Å²) in [5.41, 5.74) is 4.69. The first-order valence-electron chi connectivity index (χ1n) is 6.59. The van der Waals surface area contributed by atoms with Crippen LogP contribution in [0, 0.1) is 6.92 Å². The molecular formula is C17H16OS. The number of hydrogen-bond donors (Lipinski definition) is 0. The molecule has 19 heavy (non-hydrogen) atoms. The Kier molecular flexibility index (Phi) is 3.43. The molecule has 0 saturated carbocycles. The second-order valence-electron chi connectivity index (χ2n) is 5.00. The minimum absolute atomic E-state index is 0.186. The molecule has 1 atom stereocenters. The Morgan fingerprint density at radius 3 is 2.84 bits per heavy atom. The highest BCUT2D eigenvalue weighted by Crippen LogP contribution is 2.42. The molecule has 0 fully saturated rings. The van der Waals surface area contributed by atoms with Gasteiger partial charge in [-0.25, -0.2) is 0 Å². The largest absolute Gasteiger partial charge is 0.282 e. The smallest absolute Gasteiger partial charge is 0.219 e. The van der Waals surface area contributed by atoms with E-state index in [9.17, 15) is 4.79 Å². The number of fused-ring (bicyclic) bond motifs is 1. The fourth-order valence-corrected chi connectivity index (χ4v) is 3.72. The molecule has 1 aliphatic rings. The van der Waals surface area contributed by atoms with Gasteiger partial charge < -0.3 is 0 Å². The van der Waals surface area contributed by atoms with Gasteiger partial charge in [-0.2, -0.15) is 0 Å². The van der Waals surface area contributed by atoms with Crippen molar-refractivity contribution in [2.24, 2.45) is 0 Å². The van der Waals surface area contributed by atoms with Crippen molar-refractivity contribution in [3.8, 4) is 0 Å². The zero-order valence-electron chi connectivity index (χ0n) is 10.9. The molecule has 0 amide bonds. The summed E-state index contributed by atoms with van der Waals surface area (Å²) >= 11 is 1.47. The number of thioether (sulfide) groups is 1. The minimum atomic E-state index is 0.186. The molecule has 3 rings (SSSR count). The summed E-state index contributed by atoms with van der Waals surface area (Å²) in [6.07, 6.45) is 2.16. The van der Waals surface area contributed by atoms with E-state index in [0.717, 1.165) is 24.0 Å². The average molecular weight is 268 g/mol. The van der Waals surface area contributed by atoms with Crippen LogP contribution in [-0.4, -0.2) is 5.12 Å². The molecule has 2 heteroatoms. The number of hydrogen-bond acceptors (Lipinski definition) is 2. The zero-order valence-corrected chi connectivity index (χ0v) is 11.7. The first-order valence-corrected chi connectivity index (χ1v) is 7.47. The normalized spacial score (nSPS) is 17.2. The Morgan fingerprint density at radius 1 is 1.16 bits per heavy atom. The molecule has 0 spiro atoms. The van der Waals surface area contributed by atoms with E-state index in [2.05, 4.69) is 24.3 Å². The lowest BCUT2D eigenvalue weighted by molar-refractivity contribution is 0.108. The molecule has 0 N–H and O–H groups in total. The Morgan fingerprint density at radius 2 is 2.00 bits per heavy atom. The second kappa shape index (κ2) is 5.22. The van der Waals surface area contributed by atoms with E-state index in [4.69, 9.17) is 0 Å². The van der Waals surface area contributed by atoms with Gasteiger partial charge in [-0.3, -0.25) is 4.79 Å². The van der Waals surface area contributed by atoms with E-state index in [1.807, 2.05) is 31.2 Å². The molecule has 1 unspecified atom stereocenters. The van der Waals surface area contributed by atoms with Crippen molar-refractivity contribution in [3.63, 3.8) is 0 Å². The standard InChI is InChI=1S/C17H16OS/c1-12-5-4-7-14(11-12)17(18)19-16-10-9-13-6-2-3-8-15(13)16/h2-8,11,16H,9-10H2,1H3. The lowest BCUT2D eigenvalue weighted by atomic mass is 10.1. The molecule has 0 aliphatic heterocycles. The molecule has 96 valence electrons. The van der Waals surface area contributed by atoms with Gasteiger partial charge in [-0.1, -0.05) is 59.8 Å². The fourth-order valence-electron chi connectivity index (χ4n) is 2.61. The van der Waals surface area contributed by atoms with E-state index in [-0.39, 0.29) is 5.12 Å². The third-order valence-corrected chi connectivity index (χ3v) is 4.80. The maximum absolute atomic E-state index is 12.3. The highest BCUT2D eigenvalue weighted by molar-refractivity contribution is 8.14. The third kappa shape index (κ3) is 2.59. The predicted octanol–water partition coefficient (Wildman–Crippen LogP) is 4.56. The van der Waals surface area contributed by atoms with Crippen LogP contribution in [0.2, 0.25) is 0 Å². The SMILES string of the molecule is Cc1cccc(C(=O)SC2CCc3ccccc32)c1. The quantitative estimate of drug-likeness (QED) is 0.794. The maximum Gasteiger partial charge on any atom is 0.219 e. The monoisotopic (exact) mass is 268 g/mol. The van der Waals surface area contributed by atoms with Crippen LogP contribution in [0.15, 0.2) is 48.5 Å². The molecule has 0 radical (unpaired) electrons. The average Bonchev–Trinajstić information content (AvgIpc) is 2.82. The van der Waals surface area contributed by atoms with Crippen LogP contribution in [0.4, 0.5) is 0 Å². The van der Waals surface area contributed by atoms with E-state index < -0.39 is 0 Å². The van der Waals surface area contributed by atoms with Crippen molar-refractivity contribution in [1.82, 2.24) is 0 Å². The Bertz CT molecular complexity index is 618. The summed E-state index contributed by atoms with van der Waals surface area (Å²) in [5, 5.41) is 0.509. The topological polar surface area (TPSA) is 17.1 Å². The van der Waals surface area contributed by atoms with Gasteiger partial charge in [-0.15, -0.1) is 0 Å². The summed E-state index contributed by atoms with van der Waals surface area (Å²) in [6, 6.07) is 16.3. The van der Waals surface area contributed by atoms with Crippen molar-refractivity contribution >= 4 is 16.9 Å². The van der Waals surface area contributed by atoms with Gasteiger partial charge in [0, 0.05) is 10.8 Å². The van der Waals surface area contributed by atoms with Crippen molar-refractivity contribution in [2.45, 2.75) is 25.0 Å². The first-order chi connectivity index (χ1) is 9.24. The predicted molar refractivity (Wildman–Crippen MR) is 80.6 cm³/mol. The minimum Gasteiger partial charge on any atom is -0.282 e. The van der Waals surface area contributed by atoms with Crippen molar-refractivity contribution in [1.29, 1.82) is 0 Å². The van der Waals surface area contributed by atoms with Crippen LogP contribution in [0.5, 0.6) is 0 Å². The summed E-state index contributed by atoms with van der Waals surface area (Å²) in [6.45, 7) is 2.02. The Balaban J connectivity index is 1.78. The second-order valence-corrected chi connectivity index (χ2v) is 6.18. The zero-order chi connectivity index (χ0) is 13.2. The molecular weight excluding hydrogens is 252 g/mol. The van der Waals surface area contributed by atoms with E-state index >= 15 is 0 Å². The van der Waals surface area contributed by atoms with Gasteiger partial charge >= 0.3 is 0 Å². The number of carbonyl (C=O) groups is 1. The lowest BCUT2D eigenvalue weighted by Crippen LogP contribution is -1.98. The van der Waals surface area contributed by atoms with Gasteiger partial charge in [-0.05, 0) is 37.0 Å². The van der Waals surface area contributed by atoms with Crippen LogP contribution < -0.4 is 0 Å². The highest BCUT2D eigenvalue weighted by Gasteiger charge is 2.25. The molecule has 0 saturated heterocycles. The maximum atomic E-state index is 12.3. The fraction of sp³-hybridized carbons (Fsp3) is 0.235. The van der Waals surface area contributed by atoms with Crippen molar-refractivity contribution in [2.75, 3.05) is 0 Å².